The molecule has 4 heteroatoms. The van der Waals surface area contributed by atoms with Crippen LogP contribution in [0.4, 0.5) is 5.69 Å². The van der Waals surface area contributed by atoms with E-state index in [0.717, 1.165) is 37.2 Å². The summed E-state index contributed by atoms with van der Waals surface area (Å²) in [4.78, 5) is 14.4. The maximum atomic E-state index is 12.5. The predicted octanol–water partition coefficient (Wildman–Crippen LogP) is 3.01. The third-order valence-electron chi connectivity index (χ3n) is 4.19. The molecule has 1 aliphatic rings. The highest BCUT2D eigenvalue weighted by molar-refractivity contribution is 5.94. The van der Waals surface area contributed by atoms with Crippen molar-refractivity contribution in [1.82, 2.24) is 4.90 Å². The molecule has 1 aliphatic heterocycles. The Bertz CT molecular complexity index is 458. The molecule has 1 aromatic rings. The van der Waals surface area contributed by atoms with Crippen LogP contribution in [-0.2, 0) is 4.74 Å². The quantitative estimate of drug-likeness (QED) is 0.906. The van der Waals surface area contributed by atoms with Gasteiger partial charge in [-0.15, -0.1) is 0 Å². The molecule has 2 unspecified atom stereocenters. The summed E-state index contributed by atoms with van der Waals surface area (Å²) in [5.41, 5.74) is 1.82. The fourth-order valence-electron chi connectivity index (χ4n) is 2.71. The molecule has 0 saturated carbocycles. The monoisotopic (exact) mass is 290 g/mol. The number of nitrogens with zero attached hydrogens (tertiary/aromatic N) is 1. The zero-order chi connectivity index (χ0) is 15.2. The number of ether oxygens (including phenoxy) is 1. The van der Waals surface area contributed by atoms with Gasteiger partial charge in [-0.2, -0.15) is 0 Å². The van der Waals surface area contributed by atoms with Gasteiger partial charge in [0.25, 0.3) is 5.91 Å². The maximum absolute atomic E-state index is 12.5. The van der Waals surface area contributed by atoms with Gasteiger partial charge in [-0.3, -0.25) is 4.79 Å². The first kappa shape index (κ1) is 15.8. The van der Waals surface area contributed by atoms with Crippen molar-refractivity contribution in [1.29, 1.82) is 0 Å². The van der Waals surface area contributed by atoms with E-state index in [1.165, 1.54) is 0 Å². The van der Waals surface area contributed by atoms with Crippen molar-refractivity contribution in [3.63, 3.8) is 0 Å². The molecule has 21 heavy (non-hydrogen) atoms. The highest BCUT2D eigenvalue weighted by Crippen LogP contribution is 2.21. The molecule has 1 heterocycles. The molecule has 1 saturated heterocycles. The van der Waals surface area contributed by atoms with E-state index >= 15 is 0 Å². The van der Waals surface area contributed by atoms with Crippen molar-refractivity contribution in [2.45, 2.75) is 32.8 Å². The Hall–Kier alpha value is -1.55. The van der Waals surface area contributed by atoms with E-state index in [1.54, 1.807) is 7.11 Å². The highest BCUT2D eigenvalue weighted by Gasteiger charge is 2.29. The van der Waals surface area contributed by atoms with Gasteiger partial charge in [0.15, 0.2) is 0 Å². The zero-order valence-corrected chi connectivity index (χ0v) is 13.3. The fourth-order valence-corrected chi connectivity index (χ4v) is 2.71. The predicted molar refractivity (Wildman–Crippen MR) is 85.7 cm³/mol. The molecular formula is C17H26N2O2. The molecule has 0 aliphatic carbocycles. The second-order valence-electron chi connectivity index (χ2n) is 5.80. The van der Waals surface area contributed by atoms with Crippen LogP contribution in [0.2, 0.25) is 0 Å². The number of rotatable bonds is 5. The van der Waals surface area contributed by atoms with Gasteiger partial charge in [0.1, 0.15) is 0 Å². The minimum absolute atomic E-state index is 0.103. The van der Waals surface area contributed by atoms with E-state index in [0.29, 0.717) is 12.5 Å². The molecule has 2 atom stereocenters. The summed E-state index contributed by atoms with van der Waals surface area (Å²) in [6.45, 7) is 6.77. The average Bonchev–Trinajstić information content (AvgIpc) is 2.53. The molecule has 1 aromatic carbocycles. The van der Waals surface area contributed by atoms with E-state index < -0.39 is 0 Å². The molecule has 1 fully saturated rings. The summed E-state index contributed by atoms with van der Waals surface area (Å²) in [7, 11) is 1.73. The van der Waals surface area contributed by atoms with Gasteiger partial charge >= 0.3 is 0 Å². The number of benzene rings is 1. The summed E-state index contributed by atoms with van der Waals surface area (Å²) in [5, 5.41) is 3.32. The summed E-state index contributed by atoms with van der Waals surface area (Å²) in [6, 6.07) is 7.76. The van der Waals surface area contributed by atoms with E-state index in [2.05, 4.69) is 19.2 Å². The van der Waals surface area contributed by atoms with Crippen molar-refractivity contribution in [2.24, 2.45) is 5.92 Å². The molecule has 0 bridgehead atoms. The van der Waals surface area contributed by atoms with Gasteiger partial charge < -0.3 is 15.0 Å². The minimum atomic E-state index is 0.103. The first-order valence-electron chi connectivity index (χ1n) is 7.81. The molecule has 0 radical (unpaired) electrons. The molecule has 0 spiro atoms. The Morgan fingerprint density at radius 2 is 2.10 bits per heavy atom. The van der Waals surface area contributed by atoms with Crippen molar-refractivity contribution in [2.75, 3.05) is 32.1 Å². The lowest BCUT2D eigenvalue weighted by Crippen LogP contribution is -2.46. The third kappa shape index (κ3) is 3.97. The third-order valence-corrected chi connectivity index (χ3v) is 4.19. The van der Waals surface area contributed by atoms with Crippen LogP contribution in [0.25, 0.3) is 0 Å². The second kappa shape index (κ2) is 7.46. The minimum Gasteiger partial charge on any atom is -0.385 e. The topological polar surface area (TPSA) is 41.6 Å². The molecule has 1 N–H and O–H groups in total. The van der Waals surface area contributed by atoms with Crippen LogP contribution in [0, 0.1) is 5.92 Å². The van der Waals surface area contributed by atoms with E-state index in [-0.39, 0.29) is 12.0 Å². The average molecular weight is 290 g/mol. The summed E-state index contributed by atoms with van der Waals surface area (Å²) >= 11 is 0. The number of hydrogen-bond donors (Lipinski definition) is 1. The van der Waals surface area contributed by atoms with E-state index in [1.807, 2.05) is 29.2 Å². The zero-order valence-electron chi connectivity index (χ0n) is 13.3. The van der Waals surface area contributed by atoms with Gasteiger partial charge in [-0.05, 0) is 43.0 Å². The van der Waals surface area contributed by atoms with Gasteiger partial charge in [0.2, 0.25) is 0 Å². The van der Waals surface area contributed by atoms with Crippen LogP contribution >= 0.6 is 0 Å². The standard InChI is InChI=1S/C17H26N2O2/c1-4-10-18-15-7-5-14(6-8-15)17(20)19-11-9-13(2)16(12-19)21-3/h5-8,13,16,18H,4,9-12H2,1-3H3. The largest absolute Gasteiger partial charge is 0.385 e. The lowest BCUT2D eigenvalue weighted by Gasteiger charge is -2.36. The number of anilines is 1. The molecule has 0 aromatic heterocycles. The van der Waals surface area contributed by atoms with Crippen molar-refractivity contribution < 1.29 is 9.53 Å². The van der Waals surface area contributed by atoms with Crippen LogP contribution in [0.5, 0.6) is 0 Å². The van der Waals surface area contributed by atoms with Crippen LogP contribution < -0.4 is 5.32 Å². The van der Waals surface area contributed by atoms with Gasteiger partial charge in [0, 0.05) is 38.0 Å². The summed E-state index contributed by atoms with van der Waals surface area (Å²) < 4.78 is 5.48. The van der Waals surface area contributed by atoms with E-state index in [9.17, 15) is 4.79 Å². The molecule has 116 valence electrons. The highest BCUT2D eigenvalue weighted by atomic mass is 16.5. The number of nitrogens with one attached hydrogen (secondary N) is 1. The molecule has 2 rings (SSSR count). The first-order chi connectivity index (χ1) is 10.2. The Kier molecular flexibility index (Phi) is 5.62. The Balaban J connectivity index is 1.99. The van der Waals surface area contributed by atoms with Crippen LogP contribution in [0.15, 0.2) is 24.3 Å². The number of hydrogen-bond acceptors (Lipinski definition) is 3. The van der Waals surface area contributed by atoms with Gasteiger partial charge in [-0.25, -0.2) is 0 Å². The normalized spacial score (nSPS) is 22.1. The number of likely N-dealkylation sites (tertiary alicyclic amines) is 1. The number of methoxy groups -OCH3 is 1. The smallest absolute Gasteiger partial charge is 0.253 e. The number of carbonyl (C=O) groups is 1. The van der Waals surface area contributed by atoms with Crippen molar-refractivity contribution >= 4 is 11.6 Å². The van der Waals surface area contributed by atoms with Crippen molar-refractivity contribution in [3.8, 4) is 0 Å². The lowest BCUT2D eigenvalue weighted by molar-refractivity contribution is -0.00156. The van der Waals surface area contributed by atoms with Gasteiger partial charge in [-0.1, -0.05) is 13.8 Å². The summed E-state index contributed by atoms with van der Waals surface area (Å²) in [6.07, 6.45) is 2.24. The fraction of sp³-hybridized carbons (Fsp3) is 0.588. The van der Waals surface area contributed by atoms with Crippen molar-refractivity contribution in [3.05, 3.63) is 29.8 Å². The van der Waals surface area contributed by atoms with Crippen LogP contribution in [0.3, 0.4) is 0 Å². The first-order valence-corrected chi connectivity index (χ1v) is 7.81. The van der Waals surface area contributed by atoms with Crippen LogP contribution in [0.1, 0.15) is 37.0 Å². The molecule has 1 amide bonds. The summed E-state index contributed by atoms with van der Waals surface area (Å²) in [5.74, 6) is 0.616. The lowest BCUT2D eigenvalue weighted by atomic mass is 9.95. The number of amides is 1. The number of piperidine rings is 1. The Labute approximate surface area is 127 Å². The SMILES string of the molecule is CCCNc1ccc(C(=O)N2CCC(C)C(OC)C2)cc1. The van der Waals surface area contributed by atoms with Gasteiger partial charge in [0.05, 0.1) is 6.10 Å². The van der Waals surface area contributed by atoms with E-state index in [4.69, 9.17) is 4.74 Å². The Morgan fingerprint density at radius 1 is 1.38 bits per heavy atom. The van der Waals surface area contributed by atoms with Crippen LogP contribution in [-0.4, -0.2) is 43.7 Å². The molecule has 4 nitrogen and oxygen atoms in total. The Morgan fingerprint density at radius 3 is 2.71 bits per heavy atom. The second-order valence-corrected chi connectivity index (χ2v) is 5.80. The maximum Gasteiger partial charge on any atom is 0.253 e. The number of carbonyl (C=O) groups excluding carboxylic acids is 1. The molecular weight excluding hydrogens is 264 g/mol.